The fourth-order valence-corrected chi connectivity index (χ4v) is 0.337. The van der Waals surface area contributed by atoms with Crippen LogP contribution in [0.15, 0.2) is 0 Å². The maximum Gasteiger partial charge on any atom is 0.202 e. The molecule has 0 atom stereocenters. The average Bonchev–Trinajstić information content (AvgIpc) is 1.87. The third-order valence-electron chi connectivity index (χ3n) is 0.640. The van der Waals surface area contributed by atoms with E-state index in [1.807, 2.05) is 0 Å². The third kappa shape index (κ3) is 7.15. The molecule has 3 heteroatoms. The van der Waals surface area contributed by atoms with Crippen molar-refractivity contribution in [1.82, 2.24) is 0 Å². The van der Waals surface area contributed by atoms with Gasteiger partial charge in [-0.2, -0.15) is 0 Å². The number of carbonyl (C=O) groups excluding carboxylic acids is 1. The average molecular weight is 142 g/mol. The van der Waals surface area contributed by atoms with E-state index in [0.717, 1.165) is 0 Å². The van der Waals surface area contributed by atoms with Crippen LogP contribution in [0.2, 0.25) is 0 Å². The highest BCUT2D eigenvalue weighted by atomic mass is 16.7. The molecule has 0 fully saturated rings. The van der Waals surface area contributed by atoms with Crippen LogP contribution in [0, 0.1) is 11.8 Å². The Kier molecular flexibility index (Phi) is 5.74. The predicted molar refractivity (Wildman–Crippen MR) is 36.3 cm³/mol. The van der Waals surface area contributed by atoms with Gasteiger partial charge in [0.15, 0.2) is 0 Å². The fraction of sp³-hybridized carbons (Fsp3) is 0.571. The van der Waals surface area contributed by atoms with E-state index in [0.29, 0.717) is 0 Å². The van der Waals surface area contributed by atoms with Gasteiger partial charge in [-0.25, -0.2) is 0 Å². The van der Waals surface area contributed by atoms with Crippen molar-refractivity contribution in [2.24, 2.45) is 0 Å². The lowest BCUT2D eigenvalue weighted by Crippen LogP contribution is -1.96. The summed E-state index contributed by atoms with van der Waals surface area (Å²) in [7, 11) is 1.53. The SMILES string of the molecule is COCOCC#CC(C)=O. The number of methoxy groups -OCH3 is 1. The normalized spacial score (nSPS) is 8.20. The Labute approximate surface area is 60.3 Å². The Hall–Kier alpha value is -0.850. The molecule has 0 aliphatic heterocycles. The van der Waals surface area contributed by atoms with Crippen molar-refractivity contribution in [1.29, 1.82) is 0 Å². The van der Waals surface area contributed by atoms with Crippen LogP contribution in [0.3, 0.4) is 0 Å². The Bertz CT molecular complexity index is 152. The van der Waals surface area contributed by atoms with E-state index >= 15 is 0 Å². The van der Waals surface area contributed by atoms with Gasteiger partial charge in [0, 0.05) is 14.0 Å². The number of hydrogen-bond donors (Lipinski definition) is 0. The summed E-state index contributed by atoms with van der Waals surface area (Å²) in [6, 6.07) is 0. The van der Waals surface area contributed by atoms with Gasteiger partial charge in [0.05, 0.1) is 0 Å². The standard InChI is InChI=1S/C7H10O3/c1-7(8)4-3-5-10-6-9-2/h5-6H2,1-2H3. The van der Waals surface area contributed by atoms with Crippen LogP contribution in [-0.4, -0.2) is 26.3 Å². The Morgan fingerprint density at radius 2 is 2.30 bits per heavy atom. The summed E-state index contributed by atoms with van der Waals surface area (Å²) < 4.78 is 9.36. The first-order valence-electron chi connectivity index (χ1n) is 2.83. The van der Waals surface area contributed by atoms with Crippen molar-refractivity contribution in [3.63, 3.8) is 0 Å². The van der Waals surface area contributed by atoms with Gasteiger partial charge in [0.2, 0.25) is 5.78 Å². The smallest absolute Gasteiger partial charge is 0.202 e. The number of ketones is 1. The molecular weight excluding hydrogens is 132 g/mol. The first-order chi connectivity index (χ1) is 4.77. The number of ether oxygens (including phenoxy) is 2. The lowest BCUT2D eigenvalue weighted by Gasteiger charge is -1.93. The molecule has 0 rings (SSSR count). The van der Waals surface area contributed by atoms with Crippen molar-refractivity contribution in [2.75, 3.05) is 20.5 Å². The van der Waals surface area contributed by atoms with Gasteiger partial charge in [0.1, 0.15) is 13.4 Å². The maximum absolute atomic E-state index is 10.2. The minimum atomic E-state index is -0.152. The lowest BCUT2D eigenvalue weighted by molar-refractivity contribution is -0.111. The molecule has 0 aromatic carbocycles. The van der Waals surface area contributed by atoms with Crippen molar-refractivity contribution in [3.8, 4) is 11.8 Å². The highest BCUT2D eigenvalue weighted by Crippen LogP contribution is 1.72. The van der Waals surface area contributed by atoms with Gasteiger partial charge in [-0.3, -0.25) is 4.79 Å². The topological polar surface area (TPSA) is 35.5 Å². The Balaban J connectivity index is 3.20. The Morgan fingerprint density at radius 3 is 2.80 bits per heavy atom. The van der Waals surface area contributed by atoms with Crippen molar-refractivity contribution in [2.45, 2.75) is 6.92 Å². The molecule has 3 nitrogen and oxygen atoms in total. The van der Waals surface area contributed by atoms with E-state index in [9.17, 15) is 4.79 Å². The summed E-state index contributed by atoms with van der Waals surface area (Å²) in [5.74, 6) is 4.70. The molecular formula is C7H10O3. The molecule has 0 aromatic heterocycles. The number of rotatable bonds is 3. The molecule has 0 saturated carbocycles. The quantitative estimate of drug-likeness (QED) is 0.244. The fourth-order valence-electron chi connectivity index (χ4n) is 0.337. The third-order valence-corrected chi connectivity index (χ3v) is 0.640. The monoisotopic (exact) mass is 142 g/mol. The second-order valence-electron chi connectivity index (χ2n) is 1.61. The molecule has 0 aromatic rings. The summed E-state index contributed by atoms with van der Waals surface area (Å²) in [6.07, 6.45) is 0. The zero-order valence-electron chi connectivity index (χ0n) is 6.14. The van der Waals surface area contributed by atoms with E-state index in [1.54, 1.807) is 0 Å². The molecule has 0 unspecified atom stereocenters. The molecule has 0 spiro atoms. The van der Waals surface area contributed by atoms with Crippen LogP contribution < -0.4 is 0 Å². The highest BCUT2D eigenvalue weighted by molar-refractivity contribution is 5.93. The van der Waals surface area contributed by atoms with E-state index < -0.39 is 0 Å². The van der Waals surface area contributed by atoms with Crippen LogP contribution in [0.1, 0.15) is 6.92 Å². The Morgan fingerprint density at radius 1 is 1.60 bits per heavy atom. The maximum atomic E-state index is 10.2. The molecule has 0 aliphatic rings. The molecule has 0 heterocycles. The van der Waals surface area contributed by atoms with E-state index in [-0.39, 0.29) is 19.2 Å². The van der Waals surface area contributed by atoms with Crippen LogP contribution in [0.25, 0.3) is 0 Å². The molecule has 10 heavy (non-hydrogen) atoms. The zero-order valence-corrected chi connectivity index (χ0v) is 6.14. The van der Waals surface area contributed by atoms with E-state index in [2.05, 4.69) is 16.6 Å². The predicted octanol–water partition coefficient (Wildman–Crippen LogP) is 0.199. The minimum Gasteiger partial charge on any atom is -0.359 e. The summed E-state index contributed by atoms with van der Waals surface area (Å²) in [6.45, 7) is 1.86. The van der Waals surface area contributed by atoms with Gasteiger partial charge in [-0.05, 0) is 5.92 Å². The van der Waals surface area contributed by atoms with Crippen LogP contribution in [-0.2, 0) is 14.3 Å². The second kappa shape index (κ2) is 6.27. The molecule has 0 radical (unpaired) electrons. The van der Waals surface area contributed by atoms with Crippen LogP contribution in [0.5, 0.6) is 0 Å². The van der Waals surface area contributed by atoms with E-state index in [4.69, 9.17) is 4.74 Å². The van der Waals surface area contributed by atoms with Gasteiger partial charge < -0.3 is 9.47 Å². The first kappa shape index (κ1) is 9.15. The summed E-state index contributed by atoms with van der Waals surface area (Å²) in [4.78, 5) is 10.2. The van der Waals surface area contributed by atoms with E-state index in [1.165, 1.54) is 14.0 Å². The summed E-state index contributed by atoms with van der Waals surface area (Å²) >= 11 is 0. The minimum absolute atomic E-state index is 0.152. The second-order valence-corrected chi connectivity index (χ2v) is 1.61. The van der Waals surface area contributed by atoms with Crippen molar-refractivity contribution in [3.05, 3.63) is 0 Å². The largest absolute Gasteiger partial charge is 0.359 e. The summed E-state index contributed by atoms with van der Waals surface area (Å²) in [5, 5.41) is 0. The molecule has 0 amide bonds. The molecule has 0 bridgehead atoms. The van der Waals surface area contributed by atoms with Gasteiger partial charge in [-0.15, -0.1) is 0 Å². The summed E-state index contributed by atoms with van der Waals surface area (Å²) in [5.41, 5.74) is 0. The van der Waals surface area contributed by atoms with Crippen LogP contribution >= 0.6 is 0 Å². The molecule has 0 saturated heterocycles. The number of hydrogen-bond acceptors (Lipinski definition) is 3. The molecule has 56 valence electrons. The first-order valence-corrected chi connectivity index (χ1v) is 2.83. The number of Topliss-reactive ketones (excluding diaryl/α,β-unsaturated/α-hetero) is 1. The highest BCUT2D eigenvalue weighted by Gasteiger charge is 1.80. The molecule has 0 aliphatic carbocycles. The van der Waals surface area contributed by atoms with Gasteiger partial charge in [-0.1, -0.05) is 5.92 Å². The molecule has 0 N–H and O–H groups in total. The van der Waals surface area contributed by atoms with Crippen molar-refractivity contribution >= 4 is 5.78 Å². The van der Waals surface area contributed by atoms with Crippen molar-refractivity contribution < 1.29 is 14.3 Å². The van der Waals surface area contributed by atoms with Gasteiger partial charge >= 0.3 is 0 Å². The van der Waals surface area contributed by atoms with Gasteiger partial charge in [0.25, 0.3) is 0 Å². The zero-order chi connectivity index (χ0) is 7.82. The lowest BCUT2D eigenvalue weighted by atomic mass is 10.4. The van der Waals surface area contributed by atoms with Crippen LogP contribution in [0.4, 0.5) is 0 Å². The number of carbonyl (C=O) groups is 1.